The quantitative estimate of drug-likeness (QED) is 0.894. The van der Waals surface area contributed by atoms with E-state index in [9.17, 15) is 9.59 Å². The highest BCUT2D eigenvalue weighted by molar-refractivity contribution is 5.81. The molecule has 0 aromatic heterocycles. The maximum Gasteiger partial charge on any atom is 0.410 e. The first-order chi connectivity index (χ1) is 11.0. The molecular weight excluding hydrogens is 294 g/mol. The molecule has 23 heavy (non-hydrogen) atoms. The van der Waals surface area contributed by atoms with Gasteiger partial charge in [0, 0.05) is 20.1 Å². The van der Waals surface area contributed by atoms with Crippen LogP contribution >= 0.6 is 0 Å². The third kappa shape index (κ3) is 4.69. The first kappa shape index (κ1) is 17.3. The van der Waals surface area contributed by atoms with Crippen molar-refractivity contribution >= 4 is 12.0 Å². The number of hydrogen-bond acceptors (Lipinski definition) is 4. The van der Waals surface area contributed by atoms with Crippen molar-refractivity contribution in [3.8, 4) is 0 Å². The number of likely N-dealkylation sites (N-methyl/N-ethyl adjacent to an activating group) is 1. The number of benzene rings is 1. The lowest BCUT2D eigenvalue weighted by molar-refractivity contribution is -0.131. The molecule has 2 rings (SSSR count). The van der Waals surface area contributed by atoms with E-state index in [1.54, 1.807) is 23.8 Å². The smallest absolute Gasteiger partial charge is 0.410 e. The Bertz CT molecular complexity index is 533. The third-order valence-electron chi connectivity index (χ3n) is 4.07. The first-order valence-corrected chi connectivity index (χ1v) is 7.97. The number of amides is 2. The number of rotatable bonds is 5. The van der Waals surface area contributed by atoms with Crippen LogP contribution in [-0.4, -0.2) is 54.0 Å². The summed E-state index contributed by atoms with van der Waals surface area (Å²) in [5.41, 5.74) is 6.58. The van der Waals surface area contributed by atoms with Gasteiger partial charge in [0.15, 0.2) is 0 Å². The molecule has 1 saturated heterocycles. The summed E-state index contributed by atoms with van der Waals surface area (Å²) in [5, 5.41) is 0. The zero-order chi connectivity index (χ0) is 16.8. The zero-order valence-corrected chi connectivity index (χ0v) is 13.8. The van der Waals surface area contributed by atoms with Gasteiger partial charge in [0.05, 0.1) is 12.1 Å². The minimum absolute atomic E-state index is 0.00836. The monoisotopic (exact) mass is 319 g/mol. The fourth-order valence-corrected chi connectivity index (χ4v) is 2.82. The molecule has 1 aromatic rings. The second kappa shape index (κ2) is 7.97. The highest BCUT2D eigenvalue weighted by Crippen LogP contribution is 2.19. The molecular formula is C17H25N3O3. The van der Waals surface area contributed by atoms with Crippen molar-refractivity contribution in [1.82, 2.24) is 9.80 Å². The lowest BCUT2D eigenvalue weighted by atomic mass is 10.2. The summed E-state index contributed by atoms with van der Waals surface area (Å²) in [6.07, 6.45) is 1.47. The number of hydrogen-bond donors (Lipinski definition) is 1. The fraction of sp³-hybridized carbons (Fsp3) is 0.529. The van der Waals surface area contributed by atoms with Gasteiger partial charge in [-0.2, -0.15) is 0 Å². The summed E-state index contributed by atoms with van der Waals surface area (Å²) in [5.74, 6) is -0.116. The molecule has 1 heterocycles. The summed E-state index contributed by atoms with van der Waals surface area (Å²) < 4.78 is 5.39. The Balaban J connectivity index is 1.87. The number of nitrogens with two attached hydrogens (primary N) is 1. The molecule has 2 atom stereocenters. The predicted molar refractivity (Wildman–Crippen MR) is 87.6 cm³/mol. The van der Waals surface area contributed by atoms with Gasteiger partial charge in [0.25, 0.3) is 0 Å². The van der Waals surface area contributed by atoms with Crippen molar-refractivity contribution < 1.29 is 14.3 Å². The molecule has 0 bridgehead atoms. The normalized spacial score (nSPS) is 18.6. The van der Waals surface area contributed by atoms with Gasteiger partial charge in [-0.25, -0.2) is 4.79 Å². The van der Waals surface area contributed by atoms with Gasteiger partial charge in [-0.3, -0.25) is 4.79 Å². The van der Waals surface area contributed by atoms with Gasteiger partial charge >= 0.3 is 6.09 Å². The molecule has 0 radical (unpaired) electrons. The molecule has 2 amide bonds. The molecule has 2 N–H and O–H groups in total. The van der Waals surface area contributed by atoms with Crippen LogP contribution in [0.2, 0.25) is 0 Å². The van der Waals surface area contributed by atoms with Gasteiger partial charge < -0.3 is 20.3 Å². The van der Waals surface area contributed by atoms with Crippen molar-refractivity contribution in [3.05, 3.63) is 35.9 Å². The van der Waals surface area contributed by atoms with Gasteiger partial charge in [0.1, 0.15) is 6.61 Å². The van der Waals surface area contributed by atoms with Crippen molar-refractivity contribution in [2.24, 2.45) is 5.73 Å². The van der Waals surface area contributed by atoms with Gasteiger partial charge in [0.2, 0.25) is 5.91 Å². The number of nitrogens with zero attached hydrogens (tertiary/aromatic N) is 2. The Kier molecular flexibility index (Phi) is 5.98. The molecule has 1 aromatic carbocycles. The van der Waals surface area contributed by atoms with E-state index in [-0.39, 0.29) is 24.6 Å². The summed E-state index contributed by atoms with van der Waals surface area (Å²) in [6.45, 7) is 3.08. The van der Waals surface area contributed by atoms with E-state index < -0.39 is 6.04 Å². The highest BCUT2D eigenvalue weighted by Gasteiger charge is 2.31. The zero-order valence-electron chi connectivity index (χ0n) is 13.8. The third-order valence-corrected chi connectivity index (χ3v) is 4.07. The van der Waals surface area contributed by atoms with E-state index in [1.165, 1.54) is 0 Å². The van der Waals surface area contributed by atoms with Crippen molar-refractivity contribution in [1.29, 1.82) is 0 Å². The molecule has 126 valence electrons. The molecule has 0 unspecified atom stereocenters. The molecule has 0 spiro atoms. The molecule has 6 nitrogen and oxygen atoms in total. The van der Waals surface area contributed by atoms with E-state index in [0.717, 1.165) is 18.4 Å². The molecule has 0 saturated carbocycles. The largest absolute Gasteiger partial charge is 0.445 e. The van der Waals surface area contributed by atoms with E-state index in [4.69, 9.17) is 10.5 Å². The van der Waals surface area contributed by atoms with Crippen LogP contribution in [0.3, 0.4) is 0 Å². The minimum atomic E-state index is -0.528. The summed E-state index contributed by atoms with van der Waals surface area (Å²) in [6, 6.07) is 9.05. The number of carbonyl (C=O) groups excluding carboxylic acids is 2. The number of carbonyl (C=O) groups is 2. The Morgan fingerprint density at radius 3 is 2.74 bits per heavy atom. The summed E-state index contributed by atoms with van der Waals surface area (Å²) >= 11 is 0. The first-order valence-electron chi connectivity index (χ1n) is 7.97. The van der Waals surface area contributed by atoms with E-state index in [1.807, 2.05) is 30.3 Å². The maximum atomic E-state index is 12.3. The van der Waals surface area contributed by atoms with Crippen molar-refractivity contribution in [3.63, 3.8) is 0 Å². The average Bonchev–Trinajstić information content (AvgIpc) is 3.00. The summed E-state index contributed by atoms with van der Waals surface area (Å²) in [7, 11) is 1.72. The van der Waals surface area contributed by atoms with Crippen LogP contribution in [0.4, 0.5) is 4.79 Å². The number of likely N-dealkylation sites (tertiary alicyclic amines) is 1. The van der Waals surface area contributed by atoms with E-state index >= 15 is 0 Å². The van der Waals surface area contributed by atoms with Crippen LogP contribution in [0, 0.1) is 0 Å². The SMILES string of the molecule is C[C@H](N)C(=O)N(C)C[C@@H]1CCCN1C(=O)OCc1ccccc1. The summed E-state index contributed by atoms with van der Waals surface area (Å²) in [4.78, 5) is 27.5. The van der Waals surface area contributed by atoms with Crippen LogP contribution < -0.4 is 5.73 Å². The van der Waals surface area contributed by atoms with Gasteiger partial charge in [-0.1, -0.05) is 30.3 Å². The topological polar surface area (TPSA) is 75.9 Å². The molecule has 0 aliphatic carbocycles. The molecule has 1 fully saturated rings. The second-order valence-electron chi connectivity index (χ2n) is 6.04. The number of ether oxygens (including phenoxy) is 1. The Hall–Kier alpha value is -2.08. The lowest BCUT2D eigenvalue weighted by Gasteiger charge is -2.29. The minimum Gasteiger partial charge on any atom is -0.445 e. The van der Waals surface area contributed by atoms with Crippen LogP contribution in [0.15, 0.2) is 30.3 Å². The van der Waals surface area contributed by atoms with E-state index in [2.05, 4.69) is 0 Å². The van der Waals surface area contributed by atoms with Gasteiger partial charge in [-0.15, -0.1) is 0 Å². The van der Waals surface area contributed by atoms with E-state index in [0.29, 0.717) is 13.1 Å². The average molecular weight is 319 g/mol. The second-order valence-corrected chi connectivity index (χ2v) is 6.04. The van der Waals surface area contributed by atoms with Crippen molar-refractivity contribution in [2.75, 3.05) is 20.1 Å². The molecule has 1 aliphatic heterocycles. The Morgan fingerprint density at radius 1 is 1.39 bits per heavy atom. The standard InChI is InChI=1S/C17H25N3O3/c1-13(18)16(21)19(2)11-15-9-6-10-20(15)17(22)23-12-14-7-4-3-5-8-14/h3-5,7-8,13,15H,6,9-12,18H2,1-2H3/t13-,15-/m0/s1. The molecule has 6 heteroatoms. The van der Waals surface area contributed by atoms with Crippen LogP contribution in [0.25, 0.3) is 0 Å². The van der Waals surface area contributed by atoms with Crippen LogP contribution in [-0.2, 0) is 16.1 Å². The van der Waals surface area contributed by atoms with Crippen LogP contribution in [0.5, 0.6) is 0 Å². The van der Waals surface area contributed by atoms with Crippen LogP contribution in [0.1, 0.15) is 25.3 Å². The lowest BCUT2D eigenvalue weighted by Crippen LogP contribution is -2.47. The Labute approximate surface area is 137 Å². The molecule has 1 aliphatic rings. The van der Waals surface area contributed by atoms with Gasteiger partial charge in [-0.05, 0) is 25.3 Å². The van der Waals surface area contributed by atoms with Crippen molar-refractivity contribution in [2.45, 2.75) is 38.5 Å². The Morgan fingerprint density at radius 2 is 2.09 bits per heavy atom. The highest BCUT2D eigenvalue weighted by atomic mass is 16.6. The maximum absolute atomic E-state index is 12.3. The predicted octanol–water partition coefficient (Wildman–Crippen LogP) is 1.59. The fourth-order valence-electron chi connectivity index (χ4n) is 2.82.